The van der Waals surface area contributed by atoms with Crippen molar-refractivity contribution in [2.24, 2.45) is 0 Å². The maximum atomic E-state index is 14.1. The van der Waals surface area contributed by atoms with Gasteiger partial charge in [0.2, 0.25) is 5.91 Å². The number of carbonyl (C=O) groups excluding carboxylic acids is 1. The highest BCUT2D eigenvalue weighted by molar-refractivity contribution is 6.01. The summed E-state index contributed by atoms with van der Waals surface area (Å²) in [6, 6.07) is 8.26. The van der Waals surface area contributed by atoms with Gasteiger partial charge < -0.3 is 10.2 Å². The van der Waals surface area contributed by atoms with Gasteiger partial charge in [0.25, 0.3) is 0 Å². The SMILES string of the molecule is Cc1ccc(-c2ccc3c(c2)NC(=O)CN3C)c(F)c1F. The van der Waals surface area contributed by atoms with E-state index in [-0.39, 0.29) is 23.6 Å². The molecule has 3 nitrogen and oxygen atoms in total. The summed E-state index contributed by atoms with van der Waals surface area (Å²) in [5, 5.41) is 2.75. The van der Waals surface area contributed by atoms with Gasteiger partial charge in [0.05, 0.1) is 17.9 Å². The number of carbonyl (C=O) groups is 1. The minimum Gasteiger partial charge on any atom is -0.364 e. The summed E-state index contributed by atoms with van der Waals surface area (Å²) in [5.74, 6) is -1.84. The first-order valence-electron chi connectivity index (χ1n) is 6.57. The van der Waals surface area contributed by atoms with Crippen molar-refractivity contribution < 1.29 is 13.6 Å². The Morgan fingerprint density at radius 2 is 1.90 bits per heavy atom. The number of rotatable bonds is 1. The van der Waals surface area contributed by atoms with Gasteiger partial charge in [-0.1, -0.05) is 18.2 Å². The number of amides is 1. The number of nitrogens with zero attached hydrogens (tertiary/aromatic N) is 1. The normalized spacial score (nSPS) is 13.9. The van der Waals surface area contributed by atoms with Gasteiger partial charge in [-0.05, 0) is 30.2 Å². The monoisotopic (exact) mass is 288 g/mol. The molecule has 1 N–H and O–H groups in total. The molecule has 21 heavy (non-hydrogen) atoms. The lowest BCUT2D eigenvalue weighted by Gasteiger charge is -2.27. The van der Waals surface area contributed by atoms with Crippen LogP contribution < -0.4 is 10.2 Å². The van der Waals surface area contributed by atoms with E-state index in [2.05, 4.69) is 5.32 Å². The van der Waals surface area contributed by atoms with Gasteiger partial charge in [-0.2, -0.15) is 0 Å². The molecule has 108 valence electrons. The molecule has 0 aromatic heterocycles. The molecule has 0 saturated carbocycles. The number of hydrogen-bond donors (Lipinski definition) is 1. The van der Waals surface area contributed by atoms with E-state index in [0.29, 0.717) is 11.3 Å². The summed E-state index contributed by atoms with van der Waals surface area (Å²) < 4.78 is 27.7. The van der Waals surface area contributed by atoms with E-state index >= 15 is 0 Å². The van der Waals surface area contributed by atoms with Gasteiger partial charge in [0.1, 0.15) is 0 Å². The summed E-state index contributed by atoms with van der Waals surface area (Å²) in [5.41, 5.74) is 2.43. The molecule has 1 heterocycles. The van der Waals surface area contributed by atoms with E-state index < -0.39 is 11.6 Å². The summed E-state index contributed by atoms with van der Waals surface area (Å²) in [4.78, 5) is 13.4. The van der Waals surface area contributed by atoms with Gasteiger partial charge in [-0.3, -0.25) is 4.79 Å². The van der Waals surface area contributed by atoms with E-state index in [4.69, 9.17) is 0 Å². The third-order valence-corrected chi connectivity index (χ3v) is 3.65. The highest BCUT2D eigenvalue weighted by atomic mass is 19.2. The Balaban J connectivity index is 2.11. The van der Waals surface area contributed by atoms with Crippen molar-refractivity contribution in [3.8, 4) is 11.1 Å². The molecule has 0 fully saturated rings. The van der Waals surface area contributed by atoms with E-state index in [1.54, 1.807) is 24.3 Å². The summed E-state index contributed by atoms with van der Waals surface area (Å²) in [7, 11) is 1.81. The number of aryl methyl sites for hydroxylation is 1. The van der Waals surface area contributed by atoms with E-state index in [1.165, 1.54) is 13.0 Å². The topological polar surface area (TPSA) is 32.3 Å². The third kappa shape index (κ3) is 2.24. The molecule has 0 spiro atoms. The van der Waals surface area contributed by atoms with Crippen molar-refractivity contribution in [2.45, 2.75) is 6.92 Å². The number of nitrogens with one attached hydrogen (secondary N) is 1. The number of fused-ring (bicyclic) bond motifs is 1. The average molecular weight is 288 g/mol. The maximum absolute atomic E-state index is 14.1. The van der Waals surface area contributed by atoms with Crippen LogP contribution in [0.4, 0.5) is 20.2 Å². The van der Waals surface area contributed by atoms with Crippen molar-refractivity contribution in [2.75, 3.05) is 23.8 Å². The van der Waals surface area contributed by atoms with Gasteiger partial charge >= 0.3 is 0 Å². The van der Waals surface area contributed by atoms with Crippen molar-refractivity contribution >= 4 is 17.3 Å². The van der Waals surface area contributed by atoms with E-state index in [9.17, 15) is 13.6 Å². The third-order valence-electron chi connectivity index (χ3n) is 3.65. The summed E-state index contributed by atoms with van der Waals surface area (Å²) in [6.07, 6.45) is 0. The Morgan fingerprint density at radius 1 is 1.14 bits per heavy atom. The Labute approximate surface area is 121 Å². The molecule has 2 aromatic rings. The van der Waals surface area contributed by atoms with Crippen LogP contribution in [0, 0.1) is 18.6 Å². The molecule has 0 atom stereocenters. The van der Waals surface area contributed by atoms with E-state index in [1.807, 2.05) is 11.9 Å². The molecule has 1 aliphatic rings. The fourth-order valence-corrected chi connectivity index (χ4v) is 2.50. The number of benzene rings is 2. The smallest absolute Gasteiger partial charge is 0.243 e. The molecule has 0 saturated heterocycles. The highest BCUT2D eigenvalue weighted by Gasteiger charge is 2.20. The first kappa shape index (κ1) is 13.5. The average Bonchev–Trinajstić information content (AvgIpc) is 2.44. The molecule has 5 heteroatoms. The maximum Gasteiger partial charge on any atom is 0.243 e. The summed E-state index contributed by atoms with van der Waals surface area (Å²) in [6.45, 7) is 1.80. The van der Waals surface area contributed by atoms with Crippen LogP contribution in [0.25, 0.3) is 11.1 Å². The van der Waals surface area contributed by atoms with Gasteiger partial charge in [0.15, 0.2) is 11.6 Å². The van der Waals surface area contributed by atoms with Gasteiger partial charge in [-0.25, -0.2) is 8.78 Å². The van der Waals surface area contributed by atoms with Crippen molar-refractivity contribution in [1.82, 2.24) is 0 Å². The Hall–Kier alpha value is -2.43. The van der Waals surface area contributed by atoms with Crippen LogP contribution >= 0.6 is 0 Å². The molecule has 3 rings (SSSR count). The Bertz CT molecular complexity index is 743. The van der Waals surface area contributed by atoms with Crippen LogP contribution in [0.1, 0.15) is 5.56 Å². The molecular weight excluding hydrogens is 274 g/mol. The molecule has 1 amide bonds. The summed E-state index contributed by atoms with van der Waals surface area (Å²) >= 11 is 0. The van der Waals surface area contributed by atoms with Crippen molar-refractivity contribution in [3.05, 3.63) is 47.5 Å². The second-order valence-corrected chi connectivity index (χ2v) is 5.19. The molecule has 0 unspecified atom stereocenters. The lowest BCUT2D eigenvalue weighted by Crippen LogP contribution is -2.35. The largest absolute Gasteiger partial charge is 0.364 e. The lowest BCUT2D eigenvalue weighted by molar-refractivity contribution is -0.115. The van der Waals surface area contributed by atoms with Crippen LogP contribution in [-0.4, -0.2) is 19.5 Å². The van der Waals surface area contributed by atoms with Crippen LogP contribution in [0.2, 0.25) is 0 Å². The molecule has 0 aliphatic carbocycles. The van der Waals surface area contributed by atoms with Crippen molar-refractivity contribution in [1.29, 1.82) is 0 Å². The zero-order valence-electron chi connectivity index (χ0n) is 11.7. The highest BCUT2D eigenvalue weighted by Crippen LogP contribution is 2.34. The lowest BCUT2D eigenvalue weighted by atomic mass is 10.0. The number of anilines is 2. The minimum atomic E-state index is -0.870. The number of likely N-dealkylation sites (N-methyl/N-ethyl adjacent to an activating group) is 1. The molecular formula is C16H14F2N2O. The number of halogens is 2. The van der Waals surface area contributed by atoms with Crippen molar-refractivity contribution in [3.63, 3.8) is 0 Å². The molecule has 1 aliphatic heterocycles. The minimum absolute atomic E-state index is 0.127. The first-order valence-corrected chi connectivity index (χ1v) is 6.57. The zero-order chi connectivity index (χ0) is 15.1. The fourth-order valence-electron chi connectivity index (χ4n) is 2.50. The Morgan fingerprint density at radius 3 is 2.67 bits per heavy atom. The van der Waals surface area contributed by atoms with Crippen LogP contribution in [-0.2, 0) is 4.79 Å². The molecule has 0 bridgehead atoms. The standard InChI is InChI=1S/C16H14F2N2O/c1-9-3-5-11(16(18)15(9)17)10-4-6-13-12(7-10)19-14(21)8-20(13)2/h3-7H,8H2,1-2H3,(H,19,21). The van der Waals surface area contributed by atoms with Gasteiger partial charge in [-0.15, -0.1) is 0 Å². The predicted octanol–water partition coefficient (Wildman–Crippen LogP) is 3.33. The zero-order valence-corrected chi connectivity index (χ0v) is 11.7. The Kier molecular flexibility index (Phi) is 3.12. The number of hydrogen-bond acceptors (Lipinski definition) is 2. The quantitative estimate of drug-likeness (QED) is 0.873. The predicted molar refractivity (Wildman–Crippen MR) is 78.4 cm³/mol. The van der Waals surface area contributed by atoms with E-state index in [0.717, 1.165) is 5.69 Å². The second-order valence-electron chi connectivity index (χ2n) is 5.19. The second kappa shape index (κ2) is 4.84. The fraction of sp³-hybridized carbons (Fsp3) is 0.188. The van der Waals surface area contributed by atoms with Crippen LogP contribution in [0.5, 0.6) is 0 Å². The molecule has 2 aromatic carbocycles. The van der Waals surface area contributed by atoms with Crippen LogP contribution in [0.15, 0.2) is 30.3 Å². The van der Waals surface area contributed by atoms with Crippen LogP contribution in [0.3, 0.4) is 0 Å². The first-order chi connectivity index (χ1) is 9.97. The van der Waals surface area contributed by atoms with Gasteiger partial charge in [0, 0.05) is 12.6 Å². The molecule has 0 radical (unpaired) electrons.